The summed E-state index contributed by atoms with van der Waals surface area (Å²) in [4.78, 5) is 18.1. The maximum absolute atomic E-state index is 13.3. The number of aromatic nitrogens is 3. The van der Waals surface area contributed by atoms with Crippen LogP contribution in [0.3, 0.4) is 0 Å². The molecule has 1 atom stereocenters. The van der Waals surface area contributed by atoms with E-state index in [1.54, 1.807) is 18.9 Å². The van der Waals surface area contributed by atoms with Gasteiger partial charge < -0.3 is 10.1 Å². The predicted octanol–water partition coefficient (Wildman–Crippen LogP) is 5.24. The smallest absolute Gasteiger partial charge is 0.227 e. The predicted molar refractivity (Wildman–Crippen MR) is 126 cm³/mol. The number of rotatable bonds is 5. The summed E-state index contributed by atoms with van der Waals surface area (Å²) < 4.78 is 7.19. The van der Waals surface area contributed by atoms with Crippen LogP contribution in [0.25, 0.3) is 0 Å². The van der Waals surface area contributed by atoms with Gasteiger partial charge in [-0.15, -0.1) is 5.10 Å². The van der Waals surface area contributed by atoms with Gasteiger partial charge in [0.1, 0.15) is 11.8 Å². The van der Waals surface area contributed by atoms with E-state index in [4.69, 9.17) is 14.8 Å². The fourth-order valence-electron chi connectivity index (χ4n) is 4.47. The number of thioether (sulfide) groups is 1. The van der Waals surface area contributed by atoms with Gasteiger partial charge in [0.25, 0.3) is 0 Å². The summed E-state index contributed by atoms with van der Waals surface area (Å²) in [5, 5.41) is 8.95. The third-order valence-corrected chi connectivity index (χ3v) is 6.86. The van der Waals surface area contributed by atoms with Crippen LogP contribution in [0.4, 0.5) is 5.95 Å². The number of hydrogen-bond acceptors (Lipinski definition) is 6. The molecule has 6 nitrogen and oxygen atoms in total. The lowest BCUT2D eigenvalue weighted by molar-refractivity contribution is -0.118. The average Bonchev–Trinajstić information content (AvgIpc) is 3.19. The lowest BCUT2D eigenvalue weighted by Crippen LogP contribution is -2.36. The molecule has 1 N–H and O–H groups in total. The van der Waals surface area contributed by atoms with Crippen molar-refractivity contribution in [3.63, 3.8) is 0 Å². The molecule has 1 aliphatic heterocycles. The van der Waals surface area contributed by atoms with Crippen molar-refractivity contribution in [2.75, 3.05) is 12.4 Å². The topological polar surface area (TPSA) is 69.0 Å². The molecule has 3 aromatic rings. The second kappa shape index (κ2) is 8.13. The van der Waals surface area contributed by atoms with Gasteiger partial charge in [-0.05, 0) is 35.1 Å². The maximum Gasteiger partial charge on any atom is 0.227 e. The second-order valence-electron chi connectivity index (χ2n) is 9.07. The minimum Gasteiger partial charge on any atom is -0.497 e. The summed E-state index contributed by atoms with van der Waals surface area (Å²) >= 11 is 1.60. The summed E-state index contributed by atoms with van der Waals surface area (Å²) in [6.07, 6.45) is 1.33. The Labute approximate surface area is 192 Å². The molecule has 0 spiro atoms. The van der Waals surface area contributed by atoms with Crippen molar-refractivity contribution in [1.29, 1.82) is 0 Å². The minimum atomic E-state index is -0.297. The number of nitrogens with zero attached hydrogens (tertiary/aromatic N) is 3. The second-order valence-corrected chi connectivity index (χ2v) is 10.0. The largest absolute Gasteiger partial charge is 0.497 e. The van der Waals surface area contributed by atoms with E-state index in [9.17, 15) is 4.79 Å². The summed E-state index contributed by atoms with van der Waals surface area (Å²) in [6.45, 7) is 4.28. The van der Waals surface area contributed by atoms with E-state index >= 15 is 0 Å². The Morgan fingerprint density at radius 3 is 2.59 bits per heavy atom. The van der Waals surface area contributed by atoms with Gasteiger partial charge in [0.2, 0.25) is 11.1 Å². The van der Waals surface area contributed by atoms with Crippen molar-refractivity contribution in [2.24, 2.45) is 5.41 Å². The van der Waals surface area contributed by atoms with Gasteiger partial charge in [-0.2, -0.15) is 4.98 Å². The molecule has 1 aliphatic carbocycles. The van der Waals surface area contributed by atoms with Crippen LogP contribution >= 0.6 is 11.8 Å². The number of carbonyl (C=O) groups excluding carboxylic acids is 1. The maximum atomic E-state index is 13.3. The molecule has 0 fully saturated rings. The Morgan fingerprint density at radius 2 is 1.88 bits per heavy atom. The van der Waals surface area contributed by atoms with Gasteiger partial charge in [-0.1, -0.05) is 68.1 Å². The van der Waals surface area contributed by atoms with Gasteiger partial charge in [-0.3, -0.25) is 4.79 Å². The molecule has 2 aromatic carbocycles. The quantitative estimate of drug-likeness (QED) is 0.541. The van der Waals surface area contributed by atoms with Gasteiger partial charge in [0, 0.05) is 23.4 Å². The molecule has 0 saturated carbocycles. The Hall–Kier alpha value is -3.06. The average molecular weight is 447 g/mol. The van der Waals surface area contributed by atoms with E-state index in [1.165, 1.54) is 5.56 Å². The number of nitrogens with one attached hydrogen (secondary N) is 1. The van der Waals surface area contributed by atoms with E-state index in [0.29, 0.717) is 17.5 Å². The van der Waals surface area contributed by atoms with Crippen LogP contribution < -0.4 is 10.1 Å². The summed E-state index contributed by atoms with van der Waals surface area (Å²) in [6, 6.07) is 17.9. The molecule has 1 aromatic heterocycles. The van der Waals surface area contributed by atoms with E-state index in [1.807, 2.05) is 47.1 Å². The van der Waals surface area contributed by atoms with Crippen LogP contribution in [0.15, 0.2) is 71.0 Å². The highest BCUT2D eigenvalue weighted by atomic mass is 32.2. The van der Waals surface area contributed by atoms with E-state index in [2.05, 4.69) is 31.3 Å². The van der Waals surface area contributed by atoms with Crippen molar-refractivity contribution < 1.29 is 9.53 Å². The van der Waals surface area contributed by atoms with Crippen LogP contribution in [0.1, 0.15) is 43.9 Å². The molecule has 0 unspecified atom stereocenters. The number of anilines is 1. The molecule has 2 heterocycles. The zero-order chi connectivity index (χ0) is 22.3. The van der Waals surface area contributed by atoms with E-state index in [0.717, 1.165) is 34.8 Å². The van der Waals surface area contributed by atoms with E-state index < -0.39 is 0 Å². The molecule has 0 saturated heterocycles. The number of hydrogen-bond donors (Lipinski definition) is 1. The summed E-state index contributed by atoms with van der Waals surface area (Å²) in [7, 11) is 1.65. The van der Waals surface area contributed by atoms with Crippen molar-refractivity contribution in [2.45, 2.75) is 43.6 Å². The number of allylic oxidation sites excluding steroid dienone is 2. The molecule has 164 valence electrons. The fourth-order valence-corrected chi connectivity index (χ4v) is 5.25. The lowest BCUT2D eigenvalue weighted by atomic mass is 9.73. The third-order valence-electron chi connectivity index (χ3n) is 5.95. The number of ether oxygens (including phenoxy) is 1. The SMILES string of the molecule is COc1ccc([C@H]2C3=C(CC(C)(C)CC3=O)Nc3nc(SCc4ccccc4)nn32)cc1. The van der Waals surface area contributed by atoms with Crippen molar-refractivity contribution in [3.8, 4) is 5.75 Å². The summed E-state index contributed by atoms with van der Waals surface area (Å²) in [5.41, 5.74) is 3.90. The number of fused-ring (bicyclic) bond motifs is 1. The first kappa shape index (κ1) is 20.8. The minimum absolute atomic E-state index is 0.0829. The van der Waals surface area contributed by atoms with Crippen LogP contribution in [0.5, 0.6) is 5.75 Å². The Kier molecular flexibility index (Phi) is 5.29. The Morgan fingerprint density at radius 1 is 1.12 bits per heavy atom. The molecule has 7 heteroatoms. The molecule has 0 radical (unpaired) electrons. The first-order valence-corrected chi connectivity index (χ1v) is 11.7. The lowest BCUT2D eigenvalue weighted by Gasteiger charge is -2.38. The van der Waals surface area contributed by atoms with E-state index in [-0.39, 0.29) is 17.2 Å². The first-order valence-electron chi connectivity index (χ1n) is 10.7. The Balaban J connectivity index is 1.53. The number of benzene rings is 2. The number of methoxy groups -OCH3 is 1. The number of Topliss-reactive ketones (excluding diaryl/α,β-unsaturated/α-hetero) is 1. The highest BCUT2D eigenvalue weighted by Gasteiger charge is 2.41. The van der Waals surface area contributed by atoms with Crippen LogP contribution in [-0.2, 0) is 10.5 Å². The number of ketones is 1. The molecule has 0 bridgehead atoms. The molecule has 2 aliphatic rings. The molecule has 32 heavy (non-hydrogen) atoms. The third kappa shape index (κ3) is 3.93. The molecule has 5 rings (SSSR count). The summed E-state index contributed by atoms with van der Waals surface area (Å²) in [5.74, 6) is 2.43. The molecule has 0 amide bonds. The molecular formula is C25H26N4O2S. The highest BCUT2D eigenvalue weighted by Crippen LogP contribution is 2.45. The van der Waals surface area contributed by atoms with Crippen molar-refractivity contribution >= 4 is 23.5 Å². The standard InChI is InChI=1S/C25H26N4O2S/c1-25(2)13-19-21(20(30)14-25)22(17-9-11-18(31-3)12-10-17)29-23(26-19)27-24(28-29)32-15-16-7-5-4-6-8-16/h4-12,22H,13-15H2,1-3H3,(H,26,27,28)/t22-/m0/s1. The van der Waals surface area contributed by atoms with Crippen molar-refractivity contribution in [1.82, 2.24) is 14.8 Å². The zero-order valence-electron chi connectivity index (χ0n) is 18.5. The van der Waals surface area contributed by atoms with Crippen LogP contribution in [0.2, 0.25) is 0 Å². The highest BCUT2D eigenvalue weighted by molar-refractivity contribution is 7.98. The van der Waals surface area contributed by atoms with Crippen LogP contribution in [-0.4, -0.2) is 27.7 Å². The normalized spacial score (nSPS) is 19.2. The first-order chi connectivity index (χ1) is 15.4. The van der Waals surface area contributed by atoms with Crippen LogP contribution in [0, 0.1) is 5.41 Å². The van der Waals surface area contributed by atoms with Gasteiger partial charge in [-0.25, -0.2) is 4.68 Å². The molecular weight excluding hydrogens is 420 g/mol. The van der Waals surface area contributed by atoms with Crippen molar-refractivity contribution in [3.05, 3.63) is 77.0 Å². The van der Waals surface area contributed by atoms with Gasteiger partial charge in [0.05, 0.1) is 7.11 Å². The van der Waals surface area contributed by atoms with Gasteiger partial charge >= 0.3 is 0 Å². The zero-order valence-corrected chi connectivity index (χ0v) is 19.3. The Bertz CT molecular complexity index is 1180. The fraction of sp³-hybridized carbons (Fsp3) is 0.320. The monoisotopic (exact) mass is 446 g/mol. The number of carbonyl (C=O) groups is 1. The van der Waals surface area contributed by atoms with Gasteiger partial charge in [0.15, 0.2) is 5.78 Å².